The maximum Gasteiger partial charge on any atom is 0.254 e. The zero-order chi connectivity index (χ0) is 16.0. The smallest absolute Gasteiger partial charge is 0.254 e. The van der Waals surface area contributed by atoms with Crippen molar-refractivity contribution in [1.29, 1.82) is 0 Å². The Morgan fingerprint density at radius 2 is 1.36 bits per heavy atom. The van der Waals surface area contributed by atoms with Crippen molar-refractivity contribution in [2.75, 3.05) is 0 Å². The number of hydrogen-bond donors (Lipinski definition) is 2. The van der Waals surface area contributed by atoms with Crippen LogP contribution >= 0.6 is 8.53 Å². The summed E-state index contributed by atoms with van der Waals surface area (Å²) in [5, 5.41) is 0. The highest BCUT2D eigenvalue weighted by atomic mass is 31.2. The van der Waals surface area contributed by atoms with Crippen LogP contribution < -0.4 is 0 Å². The first-order valence-electron chi connectivity index (χ1n) is 7.69. The molecule has 0 aromatic heterocycles. The Morgan fingerprint density at radius 1 is 0.864 bits per heavy atom. The number of benzene rings is 2. The third-order valence-corrected chi connectivity index (χ3v) is 5.32. The molecule has 2 aromatic rings. The third-order valence-electron chi connectivity index (χ3n) is 4.37. The molecule has 0 atom stereocenters. The van der Waals surface area contributed by atoms with E-state index in [-0.39, 0.29) is 5.54 Å². The number of hydrogen-bond acceptors (Lipinski definition) is 3. The van der Waals surface area contributed by atoms with E-state index < -0.39 is 8.53 Å². The van der Waals surface area contributed by atoms with E-state index in [0.717, 1.165) is 24.0 Å². The molecule has 2 N–H and O–H groups in total. The van der Waals surface area contributed by atoms with Gasteiger partial charge in [-0.15, -0.1) is 0 Å². The summed E-state index contributed by atoms with van der Waals surface area (Å²) in [6.45, 7) is 4.73. The second-order valence-corrected chi connectivity index (χ2v) is 6.44. The van der Waals surface area contributed by atoms with Crippen molar-refractivity contribution in [2.24, 2.45) is 0 Å². The minimum atomic E-state index is -2.18. The fraction of sp³-hybridized carbons (Fsp3) is 0.333. The van der Waals surface area contributed by atoms with Crippen LogP contribution in [0, 0.1) is 0 Å². The predicted octanol–water partition coefficient (Wildman–Crippen LogP) is 4.42. The van der Waals surface area contributed by atoms with E-state index in [2.05, 4.69) is 26.0 Å². The largest absolute Gasteiger partial charge is 0.338 e. The highest BCUT2D eigenvalue weighted by Crippen LogP contribution is 2.48. The van der Waals surface area contributed by atoms with Crippen LogP contribution in [0.1, 0.15) is 37.8 Å². The molecule has 3 nitrogen and oxygen atoms in total. The first-order valence-corrected chi connectivity index (χ1v) is 8.89. The highest BCUT2D eigenvalue weighted by molar-refractivity contribution is 7.42. The lowest BCUT2D eigenvalue weighted by atomic mass is 9.84. The van der Waals surface area contributed by atoms with Crippen molar-refractivity contribution in [3.8, 4) is 0 Å². The summed E-state index contributed by atoms with van der Waals surface area (Å²) in [7, 11) is -2.18. The molecule has 0 radical (unpaired) electrons. The standard InChI is InChI=1S/C18H24NO2P/c1-3-18(4-2,17-13-9-6-10-14-17)19(22(20)21)15-16-11-7-5-8-12-16/h5-14,20-21H,3-4,15H2,1-2H3. The fourth-order valence-electron chi connectivity index (χ4n) is 3.06. The molecule has 0 aliphatic heterocycles. The molecular formula is C18H24NO2P. The van der Waals surface area contributed by atoms with E-state index >= 15 is 0 Å². The summed E-state index contributed by atoms with van der Waals surface area (Å²) in [5.41, 5.74) is 1.85. The Hall–Kier alpha value is -1.25. The normalized spacial score (nSPS) is 12.1. The van der Waals surface area contributed by atoms with Gasteiger partial charge in [0.05, 0.1) is 5.54 Å². The van der Waals surface area contributed by atoms with Crippen molar-refractivity contribution >= 4 is 8.53 Å². The summed E-state index contributed by atoms with van der Waals surface area (Å²) < 4.78 is 1.84. The maximum atomic E-state index is 10.1. The van der Waals surface area contributed by atoms with Gasteiger partial charge in [0.15, 0.2) is 0 Å². The Kier molecular flexibility index (Phi) is 6.10. The van der Waals surface area contributed by atoms with Gasteiger partial charge >= 0.3 is 0 Å². The monoisotopic (exact) mass is 317 g/mol. The van der Waals surface area contributed by atoms with Crippen molar-refractivity contribution < 1.29 is 9.79 Å². The summed E-state index contributed by atoms with van der Waals surface area (Å²) in [6, 6.07) is 20.1. The average molecular weight is 317 g/mol. The van der Waals surface area contributed by atoms with E-state index in [1.54, 1.807) is 0 Å². The lowest BCUT2D eigenvalue weighted by Crippen LogP contribution is -2.41. The maximum absolute atomic E-state index is 10.1. The molecule has 0 aliphatic carbocycles. The summed E-state index contributed by atoms with van der Waals surface area (Å²) in [6.07, 6.45) is 1.64. The van der Waals surface area contributed by atoms with Crippen LogP contribution in [0.4, 0.5) is 0 Å². The van der Waals surface area contributed by atoms with E-state index in [4.69, 9.17) is 0 Å². The summed E-state index contributed by atoms with van der Waals surface area (Å²) in [4.78, 5) is 20.2. The van der Waals surface area contributed by atoms with Gasteiger partial charge in [-0.1, -0.05) is 74.5 Å². The predicted molar refractivity (Wildman–Crippen MR) is 92.0 cm³/mol. The molecule has 0 saturated carbocycles. The lowest BCUT2D eigenvalue weighted by molar-refractivity contribution is 0.141. The second kappa shape index (κ2) is 7.85. The van der Waals surface area contributed by atoms with Crippen molar-refractivity contribution in [1.82, 2.24) is 4.67 Å². The quantitative estimate of drug-likeness (QED) is 0.743. The van der Waals surface area contributed by atoms with Gasteiger partial charge in [-0.05, 0) is 24.0 Å². The first kappa shape index (κ1) is 17.1. The van der Waals surface area contributed by atoms with Gasteiger partial charge in [-0.2, -0.15) is 0 Å². The van der Waals surface area contributed by atoms with Gasteiger partial charge < -0.3 is 9.79 Å². The number of nitrogens with zero attached hydrogens (tertiary/aromatic N) is 1. The second-order valence-electron chi connectivity index (χ2n) is 5.42. The highest BCUT2D eigenvalue weighted by Gasteiger charge is 2.39. The molecule has 0 unspecified atom stereocenters. The van der Waals surface area contributed by atoms with E-state index in [0.29, 0.717) is 6.54 Å². The molecule has 118 valence electrons. The summed E-state index contributed by atoms with van der Waals surface area (Å²) in [5.74, 6) is 0. The average Bonchev–Trinajstić information content (AvgIpc) is 2.57. The molecule has 0 spiro atoms. The zero-order valence-corrected chi connectivity index (χ0v) is 14.1. The molecule has 2 rings (SSSR count). The molecule has 0 bridgehead atoms. The summed E-state index contributed by atoms with van der Waals surface area (Å²) >= 11 is 0. The molecule has 0 aliphatic rings. The lowest BCUT2D eigenvalue weighted by Gasteiger charge is -2.43. The topological polar surface area (TPSA) is 43.7 Å². The minimum absolute atomic E-state index is 0.369. The van der Waals surface area contributed by atoms with Gasteiger partial charge in [0.2, 0.25) is 0 Å². The third kappa shape index (κ3) is 3.56. The van der Waals surface area contributed by atoms with Gasteiger partial charge in [0.25, 0.3) is 8.53 Å². The Bertz CT molecular complexity index is 556. The van der Waals surface area contributed by atoms with E-state index in [1.807, 2.05) is 53.2 Å². The molecule has 2 aromatic carbocycles. The van der Waals surface area contributed by atoms with Gasteiger partial charge in [0, 0.05) is 6.54 Å². The molecule has 4 heteroatoms. The van der Waals surface area contributed by atoms with Gasteiger partial charge in [0.1, 0.15) is 0 Å². The van der Waals surface area contributed by atoms with Crippen LogP contribution in [0.5, 0.6) is 0 Å². The molecule has 0 fully saturated rings. The van der Waals surface area contributed by atoms with Crippen LogP contribution in [0.25, 0.3) is 0 Å². The van der Waals surface area contributed by atoms with E-state index in [1.165, 1.54) is 0 Å². The van der Waals surface area contributed by atoms with Gasteiger partial charge in [-0.25, -0.2) is 4.67 Å². The van der Waals surface area contributed by atoms with Crippen LogP contribution in [-0.2, 0) is 12.1 Å². The fourth-order valence-corrected chi connectivity index (χ4v) is 4.09. The van der Waals surface area contributed by atoms with E-state index in [9.17, 15) is 9.79 Å². The van der Waals surface area contributed by atoms with Crippen LogP contribution in [-0.4, -0.2) is 14.5 Å². The van der Waals surface area contributed by atoms with Crippen LogP contribution in [0.2, 0.25) is 0 Å². The van der Waals surface area contributed by atoms with Crippen LogP contribution in [0.3, 0.4) is 0 Å². The zero-order valence-electron chi connectivity index (χ0n) is 13.2. The first-order chi connectivity index (χ1) is 10.6. The van der Waals surface area contributed by atoms with Crippen molar-refractivity contribution in [3.05, 3.63) is 71.8 Å². The Balaban J connectivity index is 2.42. The molecular weight excluding hydrogens is 293 g/mol. The van der Waals surface area contributed by atoms with Crippen molar-refractivity contribution in [2.45, 2.75) is 38.8 Å². The Morgan fingerprint density at radius 3 is 1.82 bits per heavy atom. The molecule has 0 amide bonds. The van der Waals surface area contributed by atoms with Crippen molar-refractivity contribution in [3.63, 3.8) is 0 Å². The molecule has 0 heterocycles. The van der Waals surface area contributed by atoms with Gasteiger partial charge in [-0.3, -0.25) is 0 Å². The molecule has 0 saturated heterocycles. The van der Waals surface area contributed by atoms with Crippen LogP contribution in [0.15, 0.2) is 60.7 Å². The molecule has 22 heavy (non-hydrogen) atoms. The minimum Gasteiger partial charge on any atom is -0.338 e. The number of rotatable bonds is 7. The Labute approximate surface area is 134 Å². The SMILES string of the molecule is CCC(CC)(c1ccccc1)N(Cc1ccccc1)P(O)O.